The molecule has 0 amide bonds. The van der Waals surface area contributed by atoms with E-state index in [-0.39, 0.29) is 0 Å². The first-order valence-electron chi connectivity index (χ1n) is 7.30. The van der Waals surface area contributed by atoms with E-state index in [0.717, 1.165) is 12.8 Å². The third-order valence-corrected chi connectivity index (χ3v) is 5.12. The van der Waals surface area contributed by atoms with Crippen LogP contribution < -0.4 is 5.46 Å². The van der Waals surface area contributed by atoms with Crippen molar-refractivity contribution >= 4 is 12.2 Å². The molecule has 2 heterocycles. The Kier molecular flexibility index (Phi) is 1.81. The lowest BCUT2D eigenvalue weighted by Crippen LogP contribution is -2.46. The summed E-state index contributed by atoms with van der Waals surface area (Å²) in [4.78, 5) is 0. The minimum absolute atomic E-state index is 0.552. The summed E-state index contributed by atoms with van der Waals surface area (Å²) in [5, 5.41) is 0. The molecule has 0 saturated carbocycles. The quantitative estimate of drug-likeness (QED) is 0.613. The Hall–Kier alpha value is -1.76. The van der Waals surface area contributed by atoms with Gasteiger partial charge in [-0.25, -0.2) is 0 Å². The van der Waals surface area contributed by atoms with Crippen molar-refractivity contribution in [3.8, 4) is 0 Å². The second-order valence-electron chi connectivity index (χ2n) is 6.07. The van der Waals surface area contributed by atoms with Gasteiger partial charge in [0.25, 0.3) is 0 Å². The molecular weight excluding hydrogens is 227 g/mol. The first kappa shape index (κ1) is 10.1. The largest absolute Gasteiger partial charge is 0.241 e. The zero-order valence-corrected chi connectivity index (χ0v) is 10.9. The molecule has 5 rings (SSSR count). The van der Waals surface area contributed by atoms with Crippen molar-refractivity contribution in [1.29, 1.82) is 0 Å². The van der Waals surface area contributed by atoms with Crippen LogP contribution in [-0.4, -0.2) is 6.71 Å². The lowest BCUT2D eigenvalue weighted by molar-refractivity contribution is 1.06. The Morgan fingerprint density at radius 2 is 1.89 bits per heavy atom. The Morgan fingerprint density at radius 1 is 1.00 bits per heavy atom. The summed E-state index contributed by atoms with van der Waals surface area (Å²) < 4.78 is 0. The van der Waals surface area contributed by atoms with E-state index in [4.69, 9.17) is 0 Å². The Bertz CT molecular complexity index is 728. The summed E-state index contributed by atoms with van der Waals surface area (Å²) in [6, 6.07) is 6.94. The lowest BCUT2D eigenvalue weighted by atomic mass is 9.30. The number of hydrogen-bond donors (Lipinski definition) is 0. The van der Waals surface area contributed by atoms with E-state index >= 15 is 0 Å². The maximum atomic E-state index is 2.46. The standard InChI is InChI=1S/C18H15B/c1-6-14-10-12-4-2-8-16(12)19-17-9-3-5-13(17)11-15(7-1)18(14)19/h1-2,5-9H,3-4,10-11H2. The van der Waals surface area contributed by atoms with Gasteiger partial charge in [0.1, 0.15) is 0 Å². The summed E-state index contributed by atoms with van der Waals surface area (Å²) in [5.74, 6) is 0. The maximum Gasteiger partial charge on any atom is 0.241 e. The van der Waals surface area contributed by atoms with Crippen molar-refractivity contribution in [2.45, 2.75) is 25.7 Å². The van der Waals surface area contributed by atoms with Crippen molar-refractivity contribution in [1.82, 2.24) is 0 Å². The van der Waals surface area contributed by atoms with E-state index in [1.54, 1.807) is 38.7 Å². The average molecular weight is 242 g/mol. The summed E-state index contributed by atoms with van der Waals surface area (Å²) >= 11 is 0. The van der Waals surface area contributed by atoms with Crippen molar-refractivity contribution in [3.05, 3.63) is 75.7 Å². The van der Waals surface area contributed by atoms with E-state index in [1.165, 1.54) is 12.8 Å². The summed E-state index contributed by atoms with van der Waals surface area (Å²) in [7, 11) is 0. The van der Waals surface area contributed by atoms with E-state index in [0.29, 0.717) is 6.71 Å². The third-order valence-electron chi connectivity index (χ3n) is 5.12. The molecule has 0 saturated heterocycles. The van der Waals surface area contributed by atoms with Gasteiger partial charge in [0.15, 0.2) is 0 Å². The highest BCUT2D eigenvalue weighted by atomic mass is 14.3. The van der Waals surface area contributed by atoms with Crippen LogP contribution in [0, 0.1) is 0 Å². The van der Waals surface area contributed by atoms with Gasteiger partial charge >= 0.3 is 0 Å². The number of allylic oxidation sites excluding steroid dienone is 8. The molecule has 0 aromatic heterocycles. The van der Waals surface area contributed by atoms with Gasteiger partial charge in [-0.1, -0.05) is 70.1 Å². The number of hydrogen-bond acceptors (Lipinski definition) is 0. The monoisotopic (exact) mass is 242 g/mol. The number of rotatable bonds is 0. The van der Waals surface area contributed by atoms with Crippen LogP contribution in [0.15, 0.2) is 64.6 Å². The zero-order chi connectivity index (χ0) is 12.4. The molecule has 0 bridgehead atoms. The van der Waals surface area contributed by atoms with Crippen LogP contribution in [0.1, 0.15) is 24.0 Å². The second kappa shape index (κ2) is 3.42. The molecule has 2 aliphatic carbocycles. The summed E-state index contributed by atoms with van der Waals surface area (Å²) in [6.07, 6.45) is 14.3. The van der Waals surface area contributed by atoms with Gasteiger partial charge in [-0.05, 0) is 36.8 Å². The molecule has 0 N–H and O–H groups in total. The van der Waals surface area contributed by atoms with Crippen LogP contribution in [-0.2, 0) is 12.8 Å². The van der Waals surface area contributed by atoms with E-state index in [2.05, 4.69) is 42.5 Å². The van der Waals surface area contributed by atoms with Crippen LogP contribution in [0.4, 0.5) is 0 Å². The molecule has 1 aromatic carbocycles. The first-order valence-corrected chi connectivity index (χ1v) is 7.30. The fraction of sp³-hybridized carbons (Fsp3) is 0.222. The molecule has 0 atom stereocenters. The Morgan fingerprint density at radius 3 is 2.84 bits per heavy atom. The molecule has 0 nitrogen and oxygen atoms in total. The highest BCUT2D eigenvalue weighted by Crippen LogP contribution is 2.39. The van der Waals surface area contributed by atoms with Gasteiger partial charge in [0.05, 0.1) is 0 Å². The van der Waals surface area contributed by atoms with Crippen LogP contribution in [0.25, 0.3) is 0 Å². The first-order chi connectivity index (χ1) is 9.42. The fourth-order valence-corrected chi connectivity index (χ4v) is 4.35. The van der Waals surface area contributed by atoms with Crippen molar-refractivity contribution in [2.75, 3.05) is 0 Å². The highest BCUT2D eigenvalue weighted by molar-refractivity contribution is 6.89. The highest BCUT2D eigenvalue weighted by Gasteiger charge is 2.39. The Balaban J connectivity index is 1.85. The second-order valence-corrected chi connectivity index (χ2v) is 6.07. The Labute approximate surface area is 114 Å². The molecule has 1 aromatic rings. The number of benzene rings is 1. The van der Waals surface area contributed by atoms with Gasteiger partial charge in [-0.15, -0.1) is 0 Å². The fourth-order valence-electron chi connectivity index (χ4n) is 4.35. The molecule has 2 aliphatic heterocycles. The molecular formula is C18H15B. The van der Waals surface area contributed by atoms with Gasteiger partial charge in [0.2, 0.25) is 6.71 Å². The van der Waals surface area contributed by atoms with Crippen LogP contribution in [0.2, 0.25) is 0 Å². The normalized spacial score (nSPS) is 22.0. The van der Waals surface area contributed by atoms with Gasteiger partial charge in [-0.3, -0.25) is 0 Å². The summed E-state index contributed by atoms with van der Waals surface area (Å²) in [5.41, 5.74) is 11.2. The van der Waals surface area contributed by atoms with Crippen LogP contribution in [0.5, 0.6) is 0 Å². The summed E-state index contributed by atoms with van der Waals surface area (Å²) in [6.45, 7) is 0.552. The van der Waals surface area contributed by atoms with Gasteiger partial charge in [0, 0.05) is 0 Å². The predicted molar refractivity (Wildman–Crippen MR) is 80.8 cm³/mol. The average Bonchev–Trinajstić information content (AvgIpc) is 3.05. The molecule has 4 aliphatic rings. The van der Waals surface area contributed by atoms with E-state index in [9.17, 15) is 0 Å². The SMILES string of the molecule is C1=CC2=C(C1)Cc1cccc3c1B2C1=CCC=C1C3. The van der Waals surface area contributed by atoms with E-state index < -0.39 is 0 Å². The molecule has 90 valence electrons. The molecule has 0 fully saturated rings. The molecule has 0 spiro atoms. The van der Waals surface area contributed by atoms with Crippen molar-refractivity contribution < 1.29 is 0 Å². The van der Waals surface area contributed by atoms with Gasteiger partial charge in [-0.2, -0.15) is 0 Å². The third kappa shape index (κ3) is 1.21. The van der Waals surface area contributed by atoms with Crippen LogP contribution in [0.3, 0.4) is 0 Å². The molecule has 0 radical (unpaired) electrons. The molecule has 0 unspecified atom stereocenters. The maximum absolute atomic E-state index is 2.46. The lowest BCUT2D eigenvalue weighted by Gasteiger charge is -2.34. The van der Waals surface area contributed by atoms with Crippen LogP contribution >= 0.6 is 0 Å². The minimum atomic E-state index is 0.552. The predicted octanol–water partition coefficient (Wildman–Crippen LogP) is 3.09. The molecule has 1 heteroatoms. The topological polar surface area (TPSA) is 0 Å². The van der Waals surface area contributed by atoms with E-state index in [1.807, 2.05) is 0 Å². The number of fused-ring (bicyclic) bond motifs is 3. The van der Waals surface area contributed by atoms with Crippen molar-refractivity contribution in [2.24, 2.45) is 0 Å². The van der Waals surface area contributed by atoms with Gasteiger partial charge < -0.3 is 0 Å². The van der Waals surface area contributed by atoms with Crippen molar-refractivity contribution in [3.63, 3.8) is 0 Å². The minimum Gasteiger partial charge on any atom is -0.0851 e. The smallest absolute Gasteiger partial charge is 0.0851 e. The zero-order valence-electron chi connectivity index (χ0n) is 10.9. The molecule has 19 heavy (non-hydrogen) atoms.